The molecule has 6 nitrogen and oxygen atoms in total. The van der Waals surface area contributed by atoms with Gasteiger partial charge < -0.3 is 19.7 Å². The van der Waals surface area contributed by atoms with E-state index in [2.05, 4.69) is 39.4 Å². The fourth-order valence-corrected chi connectivity index (χ4v) is 3.80. The Morgan fingerprint density at radius 2 is 1.87 bits per heavy atom. The number of amides is 1. The van der Waals surface area contributed by atoms with E-state index in [1.807, 2.05) is 45.3 Å². The van der Waals surface area contributed by atoms with E-state index in [0.717, 1.165) is 30.9 Å². The molecule has 1 fully saturated rings. The summed E-state index contributed by atoms with van der Waals surface area (Å²) in [6.45, 7) is 4.89. The van der Waals surface area contributed by atoms with Crippen LogP contribution in [0, 0.1) is 0 Å². The van der Waals surface area contributed by atoms with E-state index in [-0.39, 0.29) is 5.91 Å². The Kier molecular flexibility index (Phi) is 7.97. The van der Waals surface area contributed by atoms with Gasteiger partial charge in [-0.05, 0) is 68.3 Å². The Labute approximate surface area is 179 Å². The number of nitrogens with one attached hydrogen (secondary N) is 1. The number of hydrogen-bond acceptors (Lipinski definition) is 5. The second kappa shape index (κ2) is 10.9. The van der Waals surface area contributed by atoms with Crippen LogP contribution in [-0.2, 0) is 4.79 Å². The van der Waals surface area contributed by atoms with E-state index in [1.54, 1.807) is 0 Å². The van der Waals surface area contributed by atoms with Crippen LogP contribution in [0.4, 0.5) is 5.69 Å². The number of benzene rings is 2. The molecule has 2 aromatic rings. The predicted octanol–water partition coefficient (Wildman–Crippen LogP) is 3.48. The standard InChI is InChI=1S/C24H33N3O3/c1-4-29-21-10-12-22(13-11-21)30-16-14-25-24(28)18-27-15-6-9-23(27)19-7-5-8-20(17-19)26(2)3/h5,7-8,10-13,17,23H,4,6,9,14-16,18H2,1-3H3,(H,25,28). The zero-order valence-electron chi connectivity index (χ0n) is 18.3. The highest BCUT2D eigenvalue weighted by molar-refractivity contribution is 5.78. The highest BCUT2D eigenvalue weighted by Gasteiger charge is 2.27. The average Bonchev–Trinajstić information content (AvgIpc) is 3.20. The summed E-state index contributed by atoms with van der Waals surface area (Å²) in [6, 6.07) is 16.4. The van der Waals surface area contributed by atoms with Crippen molar-refractivity contribution in [2.75, 3.05) is 51.8 Å². The van der Waals surface area contributed by atoms with Crippen molar-refractivity contribution in [3.63, 3.8) is 0 Å². The van der Waals surface area contributed by atoms with Crippen LogP contribution in [0.3, 0.4) is 0 Å². The van der Waals surface area contributed by atoms with E-state index in [0.29, 0.717) is 32.3 Å². The van der Waals surface area contributed by atoms with Gasteiger partial charge in [-0.25, -0.2) is 0 Å². The molecule has 0 aliphatic carbocycles. The minimum Gasteiger partial charge on any atom is -0.494 e. The van der Waals surface area contributed by atoms with Gasteiger partial charge >= 0.3 is 0 Å². The Bertz CT molecular complexity index is 808. The number of likely N-dealkylation sites (tertiary alicyclic amines) is 1. The summed E-state index contributed by atoms with van der Waals surface area (Å²) >= 11 is 0. The van der Waals surface area contributed by atoms with E-state index in [4.69, 9.17) is 9.47 Å². The molecule has 1 heterocycles. The second-order valence-corrected chi connectivity index (χ2v) is 7.72. The number of hydrogen-bond donors (Lipinski definition) is 1. The first-order valence-corrected chi connectivity index (χ1v) is 10.7. The maximum Gasteiger partial charge on any atom is 0.234 e. The van der Waals surface area contributed by atoms with E-state index in [1.165, 1.54) is 11.3 Å². The molecule has 1 unspecified atom stereocenters. The quantitative estimate of drug-likeness (QED) is 0.607. The van der Waals surface area contributed by atoms with Crippen molar-refractivity contribution in [1.29, 1.82) is 0 Å². The number of carbonyl (C=O) groups excluding carboxylic acids is 1. The summed E-state index contributed by atoms with van der Waals surface area (Å²) in [5.41, 5.74) is 2.47. The lowest BCUT2D eigenvalue weighted by Crippen LogP contribution is -2.38. The maximum atomic E-state index is 12.4. The Morgan fingerprint density at radius 1 is 1.13 bits per heavy atom. The lowest BCUT2D eigenvalue weighted by atomic mass is 10.0. The fraction of sp³-hybridized carbons (Fsp3) is 0.458. The molecule has 1 saturated heterocycles. The molecule has 6 heteroatoms. The first-order chi connectivity index (χ1) is 14.6. The SMILES string of the molecule is CCOc1ccc(OCCNC(=O)CN2CCCC2c2cccc(N(C)C)c2)cc1. The van der Waals surface area contributed by atoms with Crippen molar-refractivity contribution in [2.24, 2.45) is 0 Å². The molecule has 1 amide bonds. The smallest absolute Gasteiger partial charge is 0.234 e. The van der Waals surface area contributed by atoms with Gasteiger partial charge in [-0.2, -0.15) is 0 Å². The number of rotatable bonds is 10. The summed E-state index contributed by atoms with van der Waals surface area (Å²) < 4.78 is 11.1. The number of anilines is 1. The first kappa shape index (κ1) is 22.0. The molecule has 1 aliphatic heterocycles. The van der Waals surface area contributed by atoms with E-state index >= 15 is 0 Å². The largest absolute Gasteiger partial charge is 0.494 e. The maximum absolute atomic E-state index is 12.4. The molecule has 0 spiro atoms. The van der Waals surface area contributed by atoms with Crippen LogP contribution in [0.5, 0.6) is 11.5 Å². The monoisotopic (exact) mass is 411 g/mol. The van der Waals surface area contributed by atoms with Gasteiger partial charge in [0.2, 0.25) is 5.91 Å². The summed E-state index contributed by atoms with van der Waals surface area (Å²) in [5.74, 6) is 1.64. The third kappa shape index (κ3) is 6.13. The van der Waals surface area contributed by atoms with Crippen LogP contribution in [0.15, 0.2) is 48.5 Å². The molecule has 30 heavy (non-hydrogen) atoms. The molecule has 0 bridgehead atoms. The van der Waals surface area contributed by atoms with Gasteiger partial charge in [-0.3, -0.25) is 9.69 Å². The third-order valence-corrected chi connectivity index (χ3v) is 5.31. The van der Waals surface area contributed by atoms with Crippen LogP contribution in [0.25, 0.3) is 0 Å². The van der Waals surface area contributed by atoms with Crippen LogP contribution in [-0.4, -0.2) is 57.8 Å². The summed E-state index contributed by atoms with van der Waals surface area (Å²) in [6.07, 6.45) is 2.20. The topological polar surface area (TPSA) is 54.0 Å². The molecule has 1 atom stereocenters. The molecule has 2 aromatic carbocycles. The molecule has 0 aromatic heterocycles. The first-order valence-electron chi connectivity index (χ1n) is 10.7. The normalized spacial score (nSPS) is 16.3. The fourth-order valence-electron chi connectivity index (χ4n) is 3.80. The van der Waals surface area contributed by atoms with Crippen molar-refractivity contribution in [3.8, 4) is 11.5 Å². The number of ether oxygens (including phenoxy) is 2. The average molecular weight is 412 g/mol. The molecule has 1 aliphatic rings. The van der Waals surface area contributed by atoms with Gasteiger partial charge in [0.1, 0.15) is 18.1 Å². The molecular weight excluding hydrogens is 378 g/mol. The number of nitrogens with zero attached hydrogens (tertiary/aromatic N) is 2. The van der Waals surface area contributed by atoms with Gasteiger partial charge in [0.15, 0.2) is 0 Å². The van der Waals surface area contributed by atoms with E-state index < -0.39 is 0 Å². The zero-order valence-corrected chi connectivity index (χ0v) is 18.3. The van der Waals surface area contributed by atoms with Crippen molar-refractivity contribution >= 4 is 11.6 Å². The molecule has 1 N–H and O–H groups in total. The van der Waals surface area contributed by atoms with Crippen LogP contribution >= 0.6 is 0 Å². The van der Waals surface area contributed by atoms with Crippen molar-refractivity contribution in [1.82, 2.24) is 10.2 Å². The molecule has 0 radical (unpaired) electrons. The Morgan fingerprint density at radius 3 is 2.57 bits per heavy atom. The van der Waals surface area contributed by atoms with Crippen LogP contribution in [0.2, 0.25) is 0 Å². The Hall–Kier alpha value is -2.73. The highest BCUT2D eigenvalue weighted by Crippen LogP contribution is 2.33. The van der Waals surface area contributed by atoms with Gasteiger partial charge in [0.25, 0.3) is 0 Å². The summed E-state index contributed by atoms with van der Waals surface area (Å²) in [4.78, 5) is 16.8. The molecule has 162 valence electrons. The van der Waals surface area contributed by atoms with E-state index in [9.17, 15) is 4.79 Å². The third-order valence-electron chi connectivity index (χ3n) is 5.31. The van der Waals surface area contributed by atoms with Crippen molar-refractivity contribution < 1.29 is 14.3 Å². The molecule has 3 rings (SSSR count). The van der Waals surface area contributed by atoms with Gasteiger partial charge in [-0.1, -0.05) is 12.1 Å². The van der Waals surface area contributed by atoms with Crippen LogP contribution in [0.1, 0.15) is 31.4 Å². The minimum atomic E-state index is 0.0426. The lowest BCUT2D eigenvalue weighted by molar-refractivity contribution is -0.122. The number of carbonyl (C=O) groups is 1. The highest BCUT2D eigenvalue weighted by atomic mass is 16.5. The molecular formula is C24H33N3O3. The van der Waals surface area contributed by atoms with Gasteiger partial charge in [0.05, 0.1) is 19.7 Å². The Balaban J connectivity index is 1.43. The zero-order chi connectivity index (χ0) is 21.3. The lowest BCUT2D eigenvalue weighted by Gasteiger charge is -2.25. The summed E-state index contributed by atoms with van der Waals surface area (Å²) in [7, 11) is 4.10. The minimum absolute atomic E-state index is 0.0426. The van der Waals surface area contributed by atoms with Crippen LogP contribution < -0.4 is 19.7 Å². The second-order valence-electron chi connectivity index (χ2n) is 7.72. The molecule has 0 saturated carbocycles. The van der Waals surface area contributed by atoms with Gasteiger partial charge in [0, 0.05) is 25.8 Å². The van der Waals surface area contributed by atoms with Crippen molar-refractivity contribution in [2.45, 2.75) is 25.8 Å². The van der Waals surface area contributed by atoms with Crippen molar-refractivity contribution in [3.05, 3.63) is 54.1 Å². The summed E-state index contributed by atoms with van der Waals surface area (Å²) in [5, 5.41) is 2.97. The van der Waals surface area contributed by atoms with Gasteiger partial charge in [-0.15, -0.1) is 0 Å². The predicted molar refractivity (Wildman–Crippen MR) is 120 cm³/mol.